The quantitative estimate of drug-likeness (QED) is 0.671. The maximum absolute atomic E-state index is 11.0. The number of hydrogen-bond donors (Lipinski definition) is 0. The number of ether oxygens (including phenoxy) is 1. The van der Waals surface area contributed by atoms with Crippen molar-refractivity contribution < 1.29 is 9.53 Å². The molecule has 0 radical (unpaired) electrons. The van der Waals surface area contributed by atoms with E-state index in [0.29, 0.717) is 17.0 Å². The van der Waals surface area contributed by atoms with Crippen LogP contribution in [-0.2, 0) is 0 Å². The van der Waals surface area contributed by atoms with Gasteiger partial charge in [-0.2, -0.15) is 0 Å². The Balaban J connectivity index is 2.17. The number of rotatable bonds is 3. The van der Waals surface area contributed by atoms with Crippen LogP contribution >= 0.6 is 0 Å². The first-order valence-electron chi connectivity index (χ1n) is 5.77. The van der Waals surface area contributed by atoms with Crippen LogP contribution in [0.2, 0.25) is 0 Å². The largest absolute Gasteiger partial charge is 0.497 e. The van der Waals surface area contributed by atoms with Gasteiger partial charge in [-0.3, -0.25) is 9.20 Å². The van der Waals surface area contributed by atoms with Crippen LogP contribution in [0.3, 0.4) is 0 Å². The first-order valence-corrected chi connectivity index (χ1v) is 5.77. The fourth-order valence-electron chi connectivity index (χ4n) is 1.97. The summed E-state index contributed by atoms with van der Waals surface area (Å²) in [6, 6.07) is 11.0. The monoisotopic (exact) mass is 253 g/mol. The van der Waals surface area contributed by atoms with Crippen molar-refractivity contribution in [1.82, 2.24) is 14.6 Å². The zero-order valence-electron chi connectivity index (χ0n) is 10.3. The van der Waals surface area contributed by atoms with Crippen LogP contribution in [0.5, 0.6) is 5.75 Å². The van der Waals surface area contributed by atoms with Gasteiger partial charge in [0, 0.05) is 11.8 Å². The summed E-state index contributed by atoms with van der Waals surface area (Å²) in [6.45, 7) is 0. The van der Waals surface area contributed by atoms with Gasteiger partial charge in [0.25, 0.3) is 0 Å². The standard InChI is InChI=1S/C14H11N3O2/c1-19-12-6-4-10(5-7-12)13-15-16-14-11(9-18)3-2-8-17(13)14/h2-9H,1H3. The van der Waals surface area contributed by atoms with Crippen molar-refractivity contribution in [3.05, 3.63) is 48.2 Å². The Morgan fingerprint density at radius 1 is 1.16 bits per heavy atom. The van der Waals surface area contributed by atoms with Crippen LogP contribution in [0.4, 0.5) is 0 Å². The zero-order chi connectivity index (χ0) is 13.2. The van der Waals surface area contributed by atoms with E-state index in [1.54, 1.807) is 23.6 Å². The predicted molar refractivity (Wildman–Crippen MR) is 70.4 cm³/mol. The third-order valence-electron chi connectivity index (χ3n) is 2.94. The number of pyridine rings is 1. The Kier molecular flexibility index (Phi) is 2.72. The highest BCUT2D eigenvalue weighted by atomic mass is 16.5. The number of hydrogen-bond acceptors (Lipinski definition) is 4. The summed E-state index contributed by atoms with van der Waals surface area (Å²) in [6.07, 6.45) is 2.61. The van der Waals surface area contributed by atoms with E-state index in [-0.39, 0.29) is 0 Å². The fraction of sp³-hybridized carbons (Fsp3) is 0.0714. The minimum atomic E-state index is 0.523. The second-order valence-electron chi connectivity index (χ2n) is 4.03. The first-order chi connectivity index (χ1) is 9.33. The molecule has 0 fully saturated rings. The van der Waals surface area contributed by atoms with Crippen molar-refractivity contribution in [3.63, 3.8) is 0 Å². The highest BCUT2D eigenvalue weighted by molar-refractivity contribution is 5.84. The minimum absolute atomic E-state index is 0.523. The molecular formula is C14H11N3O2. The SMILES string of the molecule is COc1ccc(-c2nnc3c(C=O)cccn23)cc1. The van der Waals surface area contributed by atoms with E-state index < -0.39 is 0 Å². The summed E-state index contributed by atoms with van der Waals surface area (Å²) in [5.74, 6) is 1.48. The average Bonchev–Trinajstić information content (AvgIpc) is 2.91. The molecule has 2 heterocycles. The van der Waals surface area contributed by atoms with Gasteiger partial charge in [-0.05, 0) is 36.4 Å². The molecule has 1 aromatic carbocycles. The molecule has 19 heavy (non-hydrogen) atoms. The Hall–Kier alpha value is -2.69. The molecule has 2 aromatic heterocycles. The van der Waals surface area contributed by atoms with E-state index in [1.165, 1.54) is 0 Å². The Morgan fingerprint density at radius 2 is 1.95 bits per heavy atom. The lowest BCUT2D eigenvalue weighted by atomic mass is 10.2. The molecule has 0 N–H and O–H groups in total. The maximum Gasteiger partial charge on any atom is 0.171 e. The van der Waals surface area contributed by atoms with Crippen LogP contribution in [0.25, 0.3) is 17.0 Å². The highest BCUT2D eigenvalue weighted by Crippen LogP contribution is 2.22. The normalized spacial score (nSPS) is 10.6. The van der Waals surface area contributed by atoms with Crippen LogP contribution < -0.4 is 4.74 Å². The molecule has 0 saturated heterocycles. The number of carbonyl (C=O) groups is 1. The van der Waals surface area contributed by atoms with Crippen molar-refractivity contribution in [2.75, 3.05) is 7.11 Å². The van der Waals surface area contributed by atoms with Gasteiger partial charge < -0.3 is 4.74 Å². The summed E-state index contributed by atoms with van der Waals surface area (Å²) in [5, 5.41) is 8.20. The lowest BCUT2D eigenvalue weighted by Crippen LogP contribution is -1.92. The van der Waals surface area contributed by atoms with Gasteiger partial charge in [-0.1, -0.05) is 0 Å². The molecule has 3 rings (SSSR count). The molecule has 0 bridgehead atoms. The number of nitrogens with zero attached hydrogens (tertiary/aromatic N) is 3. The molecule has 5 nitrogen and oxygen atoms in total. The lowest BCUT2D eigenvalue weighted by Gasteiger charge is -2.02. The second kappa shape index (κ2) is 4.53. The number of methoxy groups -OCH3 is 1. The van der Waals surface area contributed by atoms with E-state index in [1.807, 2.05) is 30.5 Å². The van der Waals surface area contributed by atoms with E-state index in [0.717, 1.165) is 17.6 Å². The molecule has 94 valence electrons. The maximum atomic E-state index is 11.0. The molecule has 0 atom stereocenters. The number of aldehydes is 1. The zero-order valence-corrected chi connectivity index (χ0v) is 10.3. The summed E-state index contributed by atoms with van der Waals surface area (Å²) >= 11 is 0. The summed E-state index contributed by atoms with van der Waals surface area (Å²) in [5.41, 5.74) is 1.99. The number of fused-ring (bicyclic) bond motifs is 1. The molecule has 0 saturated carbocycles. The van der Waals surface area contributed by atoms with Crippen LogP contribution in [0.1, 0.15) is 10.4 Å². The van der Waals surface area contributed by atoms with Gasteiger partial charge >= 0.3 is 0 Å². The lowest BCUT2D eigenvalue weighted by molar-refractivity contribution is 0.112. The second-order valence-corrected chi connectivity index (χ2v) is 4.03. The number of aromatic nitrogens is 3. The van der Waals surface area contributed by atoms with Gasteiger partial charge in [0.1, 0.15) is 5.75 Å². The van der Waals surface area contributed by atoms with Crippen molar-refractivity contribution in [2.24, 2.45) is 0 Å². The van der Waals surface area contributed by atoms with Gasteiger partial charge in [-0.15, -0.1) is 10.2 Å². The van der Waals surface area contributed by atoms with Crippen LogP contribution in [0, 0.1) is 0 Å². The topological polar surface area (TPSA) is 56.5 Å². The molecule has 0 spiro atoms. The van der Waals surface area contributed by atoms with Crippen molar-refractivity contribution >= 4 is 11.9 Å². The third kappa shape index (κ3) is 1.85. The first kappa shape index (κ1) is 11.4. The molecule has 0 aliphatic rings. The average molecular weight is 253 g/mol. The molecule has 0 aliphatic carbocycles. The summed E-state index contributed by atoms with van der Waals surface area (Å²) in [7, 11) is 1.62. The molecular weight excluding hydrogens is 242 g/mol. The van der Waals surface area contributed by atoms with Gasteiger partial charge in [0.2, 0.25) is 0 Å². The van der Waals surface area contributed by atoms with Crippen LogP contribution in [-0.4, -0.2) is 28.0 Å². The highest BCUT2D eigenvalue weighted by Gasteiger charge is 2.10. The molecule has 0 amide bonds. The van der Waals surface area contributed by atoms with Gasteiger partial charge in [0.05, 0.1) is 12.7 Å². The van der Waals surface area contributed by atoms with Gasteiger partial charge in [0.15, 0.2) is 17.8 Å². The molecule has 0 unspecified atom stereocenters. The minimum Gasteiger partial charge on any atom is -0.497 e. The van der Waals surface area contributed by atoms with E-state index in [2.05, 4.69) is 10.2 Å². The van der Waals surface area contributed by atoms with Crippen molar-refractivity contribution in [2.45, 2.75) is 0 Å². The summed E-state index contributed by atoms with van der Waals surface area (Å²) < 4.78 is 6.92. The molecule has 3 aromatic rings. The smallest absolute Gasteiger partial charge is 0.171 e. The Bertz CT molecular complexity index is 732. The molecule has 5 heteroatoms. The number of carbonyl (C=O) groups excluding carboxylic acids is 1. The predicted octanol–water partition coefficient (Wildman–Crippen LogP) is 2.22. The fourth-order valence-corrected chi connectivity index (χ4v) is 1.97. The summed E-state index contributed by atoms with van der Waals surface area (Å²) in [4.78, 5) is 11.0. The number of benzene rings is 1. The Morgan fingerprint density at radius 3 is 2.63 bits per heavy atom. The third-order valence-corrected chi connectivity index (χ3v) is 2.94. The van der Waals surface area contributed by atoms with Gasteiger partial charge in [-0.25, -0.2) is 0 Å². The van der Waals surface area contributed by atoms with Crippen molar-refractivity contribution in [1.29, 1.82) is 0 Å². The Labute approximate surface area is 109 Å². The van der Waals surface area contributed by atoms with E-state index >= 15 is 0 Å². The molecule has 0 aliphatic heterocycles. The van der Waals surface area contributed by atoms with E-state index in [4.69, 9.17) is 4.74 Å². The van der Waals surface area contributed by atoms with E-state index in [9.17, 15) is 4.79 Å². The van der Waals surface area contributed by atoms with Crippen molar-refractivity contribution in [3.8, 4) is 17.1 Å². The van der Waals surface area contributed by atoms with Crippen LogP contribution in [0.15, 0.2) is 42.6 Å².